The van der Waals surface area contributed by atoms with E-state index in [9.17, 15) is 8.96 Å². The number of rotatable bonds is 2. The lowest BCUT2D eigenvalue weighted by Gasteiger charge is -2.12. The zero-order valence-electron chi connectivity index (χ0n) is 14.4. The van der Waals surface area contributed by atoms with E-state index in [1.165, 1.54) is 18.5 Å². The molecule has 6 heteroatoms. The zero-order valence-corrected chi connectivity index (χ0v) is 15.3. The maximum absolute atomic E-state index is 14.6. The number of nitrogens with zero attached hydrogens (tertiary/aromatic N) is 3. The van der Waals surface area contributed by atoms with Gasteiger partial charge in [0.15, 0.2) is 5.57 Å². The molecule has 124 valence electrons. The smallest absolute Gasteiger partial charge is 0.188 e. The topological polar surface area (TPSA) is 55.7 Å². The first kappa shape index (κ1) is 16.7. The Hall–Kier alpha value is -2.13. The van der Waals surface area contributed by atoms with E-state index in [0.717, 1.165) is 22.2 Å². The van der Waals surface area contributed by atoms with Gasteiger partial charge in [-0.2, -0.15) is 0 Å². The van der Waals surface area contributed by atoms with Gasteiger partial charge in [-0.1, -0.05) is 0 Å². The SMILES string of the molecule is Cc1nc2cc(F)c(-c3cnc(P(C)(C)=O)nc3)cc2c(C)c1C. The van der Waals surface area contributed by atoms with Gasteiger partial charge in [-0.05, 0) is 51.3 Å². The Balaban J connectivity index is 2.19. The minimum Gasteiger partial charge on any atom is -0.316 e. The van der Waals surface area contributed by atoms with Crippen molar-refractivity contribution in [3.05, 3.63) is 47.2 Å². The first-order valence-electron chi connectivity index (χ1n) is 7.63. The molecule has 0 bridgehead atoms. The highest BCUT2D eigenvalue weighted by Crippen LogP contribution is 2.33. The second-order valence-electron chi connectivity index (χ2n) is 6.42. The summed E-state index contributed by atoms with van der Waals surface area (Å²) in [6, 6.07) is 3.23. The van der Waals surface area contributed by atoms with E-state index in [4.69, 9.17) is 0 Å². The maximum atomic E-state index is 14.6. The van der Waals surface area contributed by atoms with Crippen LogP contribution in [0.25, 0.3) is 22.0 Å². The van der Waals surface area contributed by atoms with Crippen molar-refractivity contribution >= 4 is 23.6 Å². The fourth-order valence-corrected chi connectivity index (χ4v) is 3.32. The van der Waals surface area contributed by atoms with Crippen LogP contribution in [0, 0.1) is 26.6 Å². The van der Waals surface area contributed by atoms with E-state index in [0.29, 0.717) is 22.2 Å². The van der Waals surface area contributed by atoms with Crippen LogP contribution in [0.3, 0.4) is 0 Å². The number of aryl methyl sites for hydroxylation is 2. The third kappa shape index (κ3) is 2.84. The highest BCUT2D eigenvalue weighted by Gasteiger charge is 2.16. The molecule has 2 aromatic heterocycles. The molecule has 2 heterocycles. The molecule has 0 atom stereocenters. The Morgan fingerprint density at radius 2 is 1.62 bits per heavy atom. The van der Waals surface area contributed by atoms with Crippen molar-refractivity contribution < 1.29 is 8.96 Å². The van der Waals surface area contributed by atoms with Gasteiger partial charge in [-0.25, -0.2) is 14.4 Å². The molecule has 0 spiro atoms. The molecule has 0 amide bonds. The normalized spacial score (nSPS) is 11.9. The Bertz CT molecular complexity index is 994. The second-order valence-corrected chi connectivity index (χ2v) is 9.52. The van der Waals surface area contributed by atoms with Crippen LogP contribution >= 0.6 is 7.14 Å². The van der Waals surface area contributed by atoms with Crippen molar-refractivity contribution in [2.24, 2.45) is 0 Å². The summed E-state index contributed by atoms with van der Waals surface area (Å²) < 4.78 is 26.6. The van der Waals surface area contributed by atoms with Crippen molar-refractivity contribution in [2.45, 2.75) is 20.8 Å². The van der Waals surface area contributed by atoms with E-state index in [-0.39, 0.29) is 5.82 Å². The van der Waals surface area contributed by atoms with Crippen molar-refractivity contribution in [3.63, 3.8) is 0 Å². The van der Waals surface area contributed by atoms with E-state index in [2.05, 4.69) is 15.0 Å². The number of hydrogen-bond donors (Lipinski definition) is 0. The third-order valence-electron chi connectivity index (χ3n) is 4.31. The minimum atomic E-state index is -2.53. The van der Waals surface area contributed by atoms with E-state index in [1.807, 2.05) is 20.8 Å². The molecule has 24 heavy (non-hydrogen) atoms. The van der Waals surface area contributed by atoms with Gasteiger partial charge in [0.05, 0.1) is 5.52 Å². The average Bonchev–Trinajstić information content (AvgIpc) is 2.52. The van der Waals surface area contributed by atoms with Crippen LogP contribution in [0.1, 0.15) is 16.8 Å². The van der Waals surface area contributed by atoms with Gasteiger partial charge in [-0.15, -0.1) is 0 Å². The predicted molar refractivity (Wildman–Crippen MR) is 96.0 cm³/mol. The number of hydrogen-bond acceptors (Lipinski definition) is 4. The van der Waals surface area contributed by atoms with E-state index in [1.54, 1.807) is 19.4 Å². The fraction of sp³-hybridized carbons (Fsp3) is 0.278. The van der Waals surface area contributed by atoms with Crippen LogP contribution in [-0.2, 0) is 4.57 Å². The van der Waals surface area contributed by atoms with Crippen LogP contribution in [0.5, 0.6) is 0 Å². The van der Waals surface area contributed by atoms with Crippen molar-refractivity contribution in [2.75, 3.05) is 13.3 Å². The molecule has 0 aliphatic heterocycles. The number of pyridine rings is 1. The highest BCUT2D eigenvalue weighted by molar-refractivity contribution is 7.69. The Kier molecular flexibility index (Phi) is 4.00. The number of halogens is 1. The van der Waals surface area contributed by atoms with Crippen LogP contribution in [0.15, 0.2) is 24.5 Å². The van der Waals surface area contributed by atoms with Gasteiger partial charge < -0.3 is 4.57 Å². The van der Waals surface area contributed by atoms with Gasteiger partial charge in [-0.3, -0.25) is 4.98 Å². The number of aromatic nitrogens is 3. The monoisotopic (exact) mass is 343 g/mol. The van der Waals surface area contributed by atoms with Gasteiger partial charge in [0.1, 0.15) is 13.0 Å². The molecule has 0 saturated heterocycles. The zero-order chi connectivity index (χ0) is 17.6. The summed E-state index contributed by atoms with van der Waals surface area (Å²) in [5.41, 5.74) is 5.01. The van der Waals surface area contributed by atoms with Gasteiger partial charge in [0.25, 0.3) is 0 Å². The highest BCUT2D eigenvalue weighted by atomic mass is 31.2. The number of fused-ring (bicyclic) bond motifs is 1. The summed E-state index contributed by atoms with van der Waals surface area (Å²) in [4.78, 5) is 12.8. The molecule has 0 aliphatic carbocycles. The lowest BCUT2D eigenvalue weighted by atomic mass is 9.99. The van der Waals surface area contributed by atoms with Gasteiger partial charge >= 0.3 is 0 Å². The van der Waals surface area contributed by atoms with Crippen molar-refractivity contribution in [3.8, 4) is 11.1 Å². The van der Waals surface area contributed by atoms with Gasteiger partial charge in [0, 0.05) is 40.7 Å². The molecule has 3 aromatic rings. The van der Waals surface area contributed by atoms with E-state index >= 15 is 0 Å². The van der Waals surface area contributed by atoms with Crippen molar-refractivity contribution in [1.29, 1.82) is 0 Å². The van der Waals surface area contributed by atoms with Crippen molar-refractivity contribution in [1.82, 2.24) is 15.0 Å². The van der Waals surface area contributed by atoms with Crippen LogP contribution < -0.4 is 5.57 Å². The summed E-state index contributed by atoms with van der Waals surface area (Å²) in [7, 11) is -2.53. The molecule has 0 saturated carbocycles. The quantitative estimate of drug-likeness (QED) is 0.660. The second kappa shape index (κ2) is 5.75. The lowest BCUT2D eigenvalue weighted by molar-refractivity contribution is 0.587. The standard InChI is InChI=1S/C18H19FN3OP/c1-10-11(2)14-6-15(16(19)7-17(14)22-12(10)3)13-8-20-18(21-9-13)24(4,5)23/h6-9H,1-5H3. The largest absolute Gasteiger partial charge is 0.316 e. The Morgan fingerprint density at radius 3 is 2.21 bits per heavy atom. The molecular weight excluding hydrogens is 324 g/mol. The van der Waals surface area contributed by atoms with Crippen LogP contribution in [-0.4, -0.2) is 28.3 Å². The molecular formula is C18H19FN3OP. The summed E-state index contributed by atoms with van der Waals surface area (Å²) in [6.45, 7) is 9.17. The fourth-order valence-electron chi connectivity index (χ4n) is 2.65. The van der Waals surface area contributed by atoms with Crippen LogP contribution in [0.4, 0.5) is 4.39 Å². The minimum absolute atomic E-state index is 0.303. The molecule has 3 rings (SSSR count). The van der Waals surface area contributed by atoms with Crippen LogP contribution in [0.2, 0.25) is 0 Å². The molecule has 0 aliphatic rings. The molecule has 0 N–H and O–H groups in total. The molecule has 0 radical (unpaired) electrons. The molecule has 4 nitrogen and oxygen atoms in total. The lowest BCUT2D eigenvalue weighted by Crippen LogP contribution is -2.12. The summed E-state index contributed by atoms with van der Waals surface area (Å²) in [5, 5.41) is 0.912. The first-order valence-corrected chi connectivity index (χ1v) is 10.2. The third-order valence-corrected chi connectivity index (χ3v) is 5.51. The molecule has 0 fully saturated rings. The Labute approximate surface area is 140 Å². The molecule has 1 aromatic carbocycles. The first-order chi connectivity index (χ1) is 11.2. The maximum Gasteiger partial charge on any atom is 0.188 e. The average molecular weight is 343 g/mol. The molecule has 0 unspecified atom stereocenters. The summed E-state index contributed by atoms with van der Waals surface area (Å²) in [6.07, 6.45) is 3.05. The summed E-state index contributed by atoms with van der Waals surface area (Å²) in [5.74, 6) is -0.370. The van der Waals surface area contributed by atoms with E-state index < -0.39 is 7.14 Å². The Morgan fingerprint density at radius 1 is 1.00 bits per heavy atom. The van der Waals surface area contributed by atoms with Gasteiger partial charge in [0.2, 0.25) is 0 Å². The number of benzene rings is 1. The predicted octanol–water partition coefficient (Wildman–Crippen LogP) is 4.00. The summed E-state index contributed by atoms with van der Waals surface area (Å²) >= 11 is 0.